The molecule has 3 rings (SSSR count). The highest BCUT2D eigenvalue weighted by Gasteiger charge is 2.08. The minimum absolute atomic E-state index is 0.371. The van der Waals surface area contributed by atoms with Crippen molar-refractivity contribution in [2.75, 3.05) is 23.8 Å². The average Bonchev–Trinajstić information content (AvgIpc) is 2.66. The van der Waals surface area contributed by atoms with Gasteiger partial charge in [-0.15, -0.1) is 5.10 Å². The van der Waals surface area contributed by atoms with Gasteiger partial charge < -0.3 is 20.1 Å². The zero-order valence-electron chi connectivity index (χ0n) is 14.8. The fourth-order valence-corrected chi connectivity index (χ4v) is 2.38. The van der Waals surface area contributed by atoms with Gasteiger partial charge in [0.05, 0.1) is 30.8 Å². The van der Waals surface area contributed by atoms with Crippen LogP contribution < -0.4 is 20.1 Å². The molecule has 0 amide bonds. The Morgan fingerprint density at radius 1 is 0.808 bits per heavy atom. The molecule has 7 heteroatoms. The Balaban J connectivity index is 1.79. The maximum atomic E-state index is 5.62. The van der Waals surface area contributed by atoms with E-state index in [0.717, 1.165) is 22.9 Å². The molecule has 1 aromatic heterocycles. The maximum Gasteiger partial charge on any atom is 0.249 e. The fourth-order valence-electron chi connectivity index (χ4n) is 2.38. The third-order valence-corrected chi connectivity index (χ3v) is 3.44. The number of hydrogen-bond donors (Lipinski definition) is 2. The lowest BCUT2D eigenvalue weighted by Gasteiger charge is -2.13. The van der Waals surface area contributed by atoms with E-state index in [1.165, 1.54) is 0 Å². The Labute approximate surface area is 152 Å². The lowest BCUT2D eigenvalue weighted by atomic mass is 10.3. The molecule has 0 fully saturated rings. The summed E-state index contributed by atoms with van der Waals surface area (Å²) in [4.78, 5) is 4.46. The predicted molar refractivity (Wildman–Crippen MR) is 102 cm³/mol. The highest BCUT2D eigenvalue weighted by Crippen LogP contribution is 2.28. The molecule has 2 N–H and O–H groups in total. The van der Waals surface area contributed by atoms with Gasteiger partial charge in [0.15, 0.2) is 5.82 Å². The van der Waals surface area contributed by atoms with Crippen molar-refractivity contribution in [2.24, 2.45) is 0 Å². The van der Waals surface area contributed by atoms with Gasteiger partial charge in [-0.05, 0) is 38.1 Å². The smallest absolute Gasteiger partial charge is 0.249 e. The second-order valence-electron chi connectivity index (χ2n) is 5.27. The molecular formula is C19H21N5O2. The zero-order valence-corrected chi connectivity index (χ0v) is 14.8. The topological polar surface area (TPSA) is 81.2 Å². The second kappa shape index (κ2) is 8.66. The summed E-state index contributed by atoms with van der Waals surface area (Å²) in [6, 6.07) is 15.3. The van der Waals surface area contributed by atoms with Crippen LogP contribution in [-0.4, -0.2) is 28.4 Å². The third kappa shape index (κ3) is 4.38. The van der Waals surface area contributed by atoms with Crippen LogP contribution in [0.15, 0.2) is 54.7 Å². The zero-order chi connectivity index (χ0) is 18.2. The fraction of sp³-hybridized carbons (Fsp3) is 0.211. The molecular weight excluding hydrogens is 330 g/mol. The first-order chi connectivity index (χ1) is 12.8. The third-order valence-electron chi connectivity index (χ3n) is 3.44. The van der Waals surface area contributed by atoms with E-state index in [-0.39, 0.29) is 0 Å². The van der Waals surface area contributed by atoms with Gasteiger partial charge in [0, 0.05) is 0 Å². The summed E-state index contributed by atoms with van der Waals surface area (Å²) in [7, 11) is 0. The Kier molecular flexibility index (Phi) is 5.82. The Morgan fingerprint density at radius 3 is 2.00 bits per heavy atom. The van der Waals surface area contributed by atoms with Crippen molar-refractivity contribution < 1.29 is 9.47 Å². The van der Waals surface area contributed by atoms with Crippen LogP contribution in [0.5, 0.6) is 11.5 Å². The molecule has 2 aromatic carbocycles. The van der Waals surface area contributed by atoms with E-state index in [2.05, 4.69) is 25.8 Å². The summed E-state index contributed by atoms with van der Waals surface area (Å²) in [6.45, 7) is 5.05. The predicted octanol–water partition coefficient (Wildman–Crippen LogP) is 4.16. The molecule has 0 unspecified atom stereocenters. The Morgan fingerprint density at radius 2 is 1.38 bits per heavy atom. The van der Waals surface area contributed by atoms with E-state index in [9.17, 15) is 0 Å². The van der Waals surface area contributed by atoms with Crippen LogP contribution in [0.4, 0.5) is 23.1 Å². The highest BCUT2D eigenvalue weighted by molar-refractivity contribution is 5.66. The van der Waals surface area contributed by atoms with Gasteiger partial charge in [0.2, 0.25) is 5.95 Å². The minimum atomic E-state index is 0.371. The molecule has 3 aromatic rings. The van der Waals surface area contributed by atoms with Crippen molar-refractivity contribution in [2.45, 2.75) is 13.8 Å². The van der Waals surface area contributed by atoms with E-state index in [1.807, 2.05) is 62.4 Å². The number of rotatable bonds is 8. The van der Waals surface area contributed by atoms with Gasteiger partial charge in [-0.25, -0.2) is 0 Å². The quantitative estimate of drug-likeness (QED) is 0.631. The molecule has 26 heavy (non-hydrogen) atoms. The summed E-state index contributed by atoms with van der Waals surface area (Å²) in [5.41, 5.74) is 1.60. The van der Waals surface area contributed by atoms with E-state index >= 15 is 0 Å². The number of aromatic nitrogens is 3. The van der Waals surface area contributed by atoms with Crippen molar-refractivity contribution in [3.05, 3.63) is 54.7 Å². The van der Waals surface area contributed by atoms with Gasteiger partial charge in [-0.2, -0.15) is 10.1 Å². The summed E-state index contributed by atoms with van der Waals surface area (Å²) in [5.74, 6) is 2.42. The van der Waals surface area contributed by atoms with Crippen molar-refractivity contribution >= 4 is 23.1 Å². The maximum absolute atomic E-state index is 5.62. The molecule has 0 aliphatic heterocycles. The number of ether oxygens (including phenoxy) is 2. The summed E-state index contributed by atoms with van der Waals surface area (Å²) >= 11 is 0. The number of hydrogen-bond acceptors (Lipinski definition) is 7. The molecule has 1 heterocycles. The summed E-state index contributed by atoms with van der Waals surface area (Å²) < 4.78 is 11.2. The average molecular weight is 351 g/mol. The monoisotopic (exact) mass is 351 g/mol. The van der Waals surface area contributed by atoms with Crippen LogP contribution in [-0.2, 0) is 0 Å². The first-order valence-electron chi connectivity index (χ1n) is 8.47. The number of para-hydroxylation sites is 4. The molecule has 0 spiro atoms. The SMILES string of the molecule is CCOc1ccccc1Nc1cnnc(Nc2ccccc2OCC)n1. The summed E-state index contributed by atoms with van der Waals surface area (Å²) in [5, 5.41) is 14.4. The van der Waals surface area contributed by atoms with E-state index in [1.54, 1.807) is 6.20 Å². The van der Waals surface area contributed by atoms with Crippen LogP contribution in [0.1, 0.15) is 13.8 Å². The van der Waals surface area contributed by atoms with Crippen molar-refractivity contribution in [3.8, 4) is 11.5 Å². The molecule has 0 atom stereocenters. The van der Waals surface area contributed by atoms with E-state index in [0.29, 0.717) is 25.0 Å². The molecule has 0 bridgehead atoms. The minimum Gasteiger partial charge on any atom is -0.492 e. The molecule has 0 saturated carbocycles. The molecule has 7 nitrogen and oxygen atoms in total. The van der Waals surface area contributed by atoms with Gasteiger partial charge in [0.25, 0.3) is 0 Å². The molecule has 134 valence electrons. The van der Waals surface area contributed by atoms with Crippen molar-refractivity contribution in [1.29, 1.82) is 0 Å². The molecule has 0 aliphatic carbocycles. The first kappa shape index (κ1) is 17.5. The summed E-state index contributed by atoms with van der Waals surface area (Å²) in [6.07, 6.45) is 1.56. The van der Waals surface area contributed by atoms with Crippen LogP contribution in [0.3, 0.4) is 0 Å². The number of nitrogens with one attached hydrogen (secondary N) is 2. The lowest BCUT2D eigenvalue weighted by molar-refractivity contribution is 0.342. The van der Waals surface area contributed by atoms with E-state index < -0.39 is 0 Å². The largest absolute Gasteiger partial charge is 0.492 e. The van der Waals surface area contributed by atoms with Gasteiger partial charge in [-0.1, -0.05) is 24.3 Å². The van der Waals surface area contributed by atoms with Crippen LogP contribution in [0.2, 0.25) is 0 Å². The number of benzene rings is 2. The van der Waals surface area contributed by atoms with Crippen LogP contribution in [0.25, 0.3) is 0 Å². The highest BCUT2D eigenvalue weighted by atomic mass is 16.5. The second-order valence-corrected chi connectivity index (χ2v) is 5.27. The van der Waals surface area contributed by atoms with Crippen LogP contribution in [0, 0.1) is 0 Å². The number of nitrogens with zero attached hydrogens (tertiary/aromatic N) is 3. The normalized spacial score (nSPS) is 10.2. The van der Waals surface area contributed by atoms with Gasteiger partial charge in [0.1, 0.15) is 11.5 Å². The Bertz CT molecular complexity index is 790. The number of anilines is 4. The lowest BCUT2D eigenvalue weighted by Crippen LogP contribution is -2.04. The molecule has 0 aliphatic rings. The van der Waals surface area contributed by atoms with Crippen molar-refractivity contribution in [1.82, 2.24) is 15.2 Å². The molecule has 0 radical (unpaired) electrons. The van der Waals surface area contributed by atoms with Gasteiger partial charge in [-0.3, -0.25) is 0 Å². The molecule has 0 saturated heterocycles. The van der Waals surface area contributed by atoms with Crippen LogP contribution >= 0.6 is 0 Å². The Hall–Kier alpha value is -3.35. The van der Waals surface area contributed by atoms with Gasteiger partial charge >= 0.3 is 0 Å². The van der Waals surface area contributed by atoms with E-state index in [4.69, 9.17) is 9.47 Å². The van der Waals surface area contributed by atoms with Crippen molar-refractivity contribution in [3.63, 3.8) is 0 Å². The standard InChI is InChI=1S/C19H21N5O2/c1-3-25-16-11-7-5-9-14(16)21-18-13-20-24-19(23-18)22-15-10-6-8-12-17(15)26-4-2/h5-13H,3-4H2,1-2H3,(H2,21,22,23,24). The first-order valence-corrected chi connectivity index (χ1v) is 8.47.